The van der Waals surface area contributed by atoms with E-state index in [4.69, 9.17) is 4.74 Å². The van der Waals surface area contributed by atoms with Crippen molar-refractivity contribution < 1.29 is 14.5 Å². The molecule has 2 rings (SSSR count). The Balaban J connectivity index is 2.05. The van der Waals surface area contributed by atoms with Gasteiger partial charge in [-0.25, -0.2) is 0 Å². The van der Waals surface area contributed by atoms with Crippen LogP contribution >= 0.6 is 0 Å². The Morgan fingerprint density at radius 3 is 2.92 bits per heavy atom. The number of nitro benzene ring substituents is 1. The molecular formula is C16H21N5O4. The number of anilines is 1. The minimum absolute atomic E-state index is 0.150. The molecular weight excluding hydrogens is 326 g/mol. The van der Waals surface area contributed by atoms with E-state index in [1.807, 2.05) is 6.92 Å². The largest absolute Gasteiger partial charge is 0.383 e. The molecule has 9 nitrogen and oxygen atoms in total. The summed E-state index contributed by atoms with van der Waals surface area (Å²) in [6.07, 6.45) is 3.46. The molecule has 0 saturated carbocycles. The summed E-state index contributed by atoms with van der Waals surface area (Å²) in [6.45, 7) is 3.21. The fourth-order valence-electron chi connectivity index (χ4n) is 2.30. The Hall–Kier alpha value is -2.94. The van der Waals surface area contributed by atoms with Gasteiger partial charge in [0.05, 0.1) is 18.1 Å². The third kappa shape index (κ3) is 5.28. The maximum Gasteiger partial charge on any atom is 0.293 e. The second kappa shape index (κ2) is 8.78. The number of methoxy groups -OCH3 is 1. The van der Waals surface area contributed by atoms with Crippen LogP contribution in [0.15, 0.2) is 36.7 Å². The average Bonchev–Trinajstić information content (AvgIpc) is 3.07. The third-order valence-corrected chi connectivity index (χ3v) is 3.48. The molecule has 9 heteroatoms. The summed E-state index contributed by atoms with van der Waals surface area (Å²) in [5.41, 5.74) is 0.433. The molecule has 0 saturated heterocycles. The lowest BCUT2D eigenvalue weighted by Gasteiger charge is -2.14. The molecule has 1 aromatic heterocycles. The highest BCUT2D eigenvalue weighted by atomic mass is 16.6. The number of nitrogens with one attached hydrogen (secondary N) is 2. The number of hydrogen-bond acceptors (Lipinski definition) is 6. The number of aromatic nitrogens is 2. The molecule has 0 aliphatic heterocycles. The lowest BCUT2D eigenvalue weighted by Crippen LogP contribution is -2.35. The second-order valence-electron chi connectivity index (χ2n) is 5.51. The fraction of sp³-hybridized carbons (Fsp3) is 0.375. The number of ether oxygens (including phenoxy) is 1. The van der Waals surface area contributed by atoms with Gasteiger partial charge < -0.3 is 15.4 Å². The Bertz CT molecular complexity index is 717. The quantitative estimate of drug-likeness (QED) is 0.405. The summed E-state index contributed by atoms with van der Waals surface area (Å²) in [7, 11) is 1.55. The molecule has 2 N–H and O–H groups in total. The topological polar surface area (TPSA) is 111 Å². The molecule has 1 unspecified atom stereocenters. The van der Waals surface area contributed by atoms with E-state index in [0.29, 0.717) is 25.4 Å². The summed E-state index contributed by atoms with van der Waals surface area (Å²) in [5, 5.41) is 21.1. The first-order valence-electron chi connectivity index (χ1n) is 7.80. The molecule has 0 bridgehead atoms. The molecule has 25 heavy (non-hydrogen) atoms. The first kappa shape index (κ1) is 18.4. The molecule has 0 fully saturated rings. The minimum Gasteiger partial charge on any atom is -0.383 e. The average molecular weight is 347 g/mol. The molecule has 1 amide bonds. The highest BCUT2D eigenvalue weighted by Crippen LogP contribution is 2.25. The van der Waals surface area contributed by atoms with Gasteiger partial charge in [-0.05, 0) is 25.1 Å². The number of amides is 1. The van der Waals surface area contributed by atoms with Gasteiger partial charge >= 0.3 is 0 Å². The Morgan fingerprint density at radius 1 is 1.48 bits per heavy atom. The van der Waals surface area contributed by atoms with Crippen LogP contribution in [0.4, 0.5) is 11.4 Å². The Kier molecular flexibility index (Phi) is 6.47. The molecule has 1 heterocycles. The van der Waals surface area contributed by atoms with Crippen molar-refractivity contribution in [1.82, 2.24) is 15.1 Å². The van der Waals surface area contributed by atoms with Gasteiger partial charge in [0.1, 0.15) is 5.69 Å². The van der Waals surface area contributed by atoms with Crippen molar-refractivity contribution in [2.75, 3.05) is 25.6 Å². The van der Waals surface area contributed by atoms with E-state index in [1.165, 1.54) is 12.1 Å². The molecule has 1 atom stereocenters. The van der Waals surface area contributed by atoms with Gasteiger partial charge in [-0.3, -0.25) is 19.6 Å². The van der Waals surface area contributed by atoms with Crippen molar-refractivity contribution in [3.8, 4) is 0 Å². The van der Waals surface area contributed by atoms with Crippen LogP contribution in [0.5, 0.6) is 0 Å². The molecule has 134 valence electrons. The first-order valence-corrected chi connectivity index (χ1v) is 7.80. The third-order valence-electron chi connectivity index (χ3n) is 3.48. The van der Waals surface area contributed by atoms with Crippen LogP contribution in [-0.2, 0) is 11.3 Å². The predicted molar refractivity (Wildman–Crippen MR) is 92.6 cm³/mol. The lowest BCUT2D eigenvalue weighted by molar-refractivity contribution is -0.384. The van der Waals surface area contributed by atoms with Crippen LogP contribution in [0.25, 0.3) is 0 Å². The molecule has 0 aliphatic carbocycles. The van der Waals surface area contributed by atoms with Gasteiger partial charge in [-0.2, -0.15) is 5.10 Å². The maximum absolute atomic E-state index is 12.3. The smallest absolute Gasteiger partial charge is 0.293 e. The molecule has 0 radical (unpaired) electrons. The minimum atomic E-state index is -0.515. The Morgan fingerprint density at radius 2 is 2.28 bits per heavy atom. The van der Waals surface area contributed by atoms with E-state index in [2.05, 4.69) is 15.7 Å². The van der Waals surface area contributed by atoms with E-state index < -0.39 is 4.92 Å². The summed E-state index contributed by atoms with van der Waals surface area (Å²) in [4.78, 5) is 23.1. The second-order valence-corrected chi connectivity index (χ2v) is 5.51. The van der Waals surface area contributed by atoms with Crippen LogP contribution in [-0.4, -0.2) is 46.9 Å². The van der Waals surface area contributed by atoms with Gasteiger partial charge in [0.25, 0.3) is 11.6 Å². The molecule has 1 aromatic carbocycles. The number of carbonyl (C=O) groups is 1. The number of nitrogens with zero attached hydrogens (tertiary/aromatic N) is 3. The van der Waals surface area contributed by atoms with Gasteiger partial charge in [0, 0.05) is 43.7 Å². The van der Waals surface area contributed by atoms with Crippen molar-refractivity contribution in [3.05, 3.63) is 52.3 Å². The van der Waals surface area contributed by atoms with E-state index >= 15 is 0 Å². The SMILES string of the molecule is COCCNc1ccc(C(=O)NC(C)Cn2cccn2)cc1[N+](=O)[O-]. The summed E-state index contributed by atoms with van der Waals surface area (Å²) in [6, 6.07) is 5.98. The zero-order chi connectivity index (χ0) is 18.2. The van der Waals surface area contributed by atoms with Crippen molar-refractivity contribution in [2.24, 2.45) is 0 Å². The van der Waals surface area contributed by atoms with Gasteiger partial charge in [-0.15, -0.1) is 0 Å². The predicted octanol–water partition coefficient (Wildman–Crippen LogP) is 1.67. The number of rotatable bonds is 9. The van der Waals surface area contributed by atoms with E-state index in [9.17, 15) is 14.9 Å². The number of hydrogen-bond donors (Lipinski definition) is 2. The Labute approximate surface area is 145 Å². The van der Waals surface area contributed by atoms with Crippen molar-refractivity contribution in [3.63, 3.8) is 0 Å². The summed E-state index contributed by atoms with van der Waals surface area (Å²) in [5.74, 6) is -0.369. The first-order chi connectivity index (χ1) is 12.0. The van der Waals surface area contributed by atoms with Crippen LogP contribution in [0.3, 0.4) is 0 Å². The monoisotopic (exact) mass is 347 g/mol. The van der Waals surface area contributed by atoms with Crippen molar-refractivity contribution >= 4 is 17.3 Å². The summed E-state index contributed by atoms with van der Waals surface area (Å²) < 4.78 is 6.61. The van der Waals surface area contributed by atoms with E-state index in [1.54, 1.807) is 36.3 Å². The van der Waals surface area contributed by atoms with E-state index in [-0.39, 0.29) is 23.2 Å². The van der Waals surface area contributed by atoms with Crippen LogP contribution in [0, 0.1) is 10.1 Å². The van der Waals surface area contributed by atoms with Gasteiger partial charge in [0.15, 0.2) is 0 Å². The number of nitro groups is 1. The van der Waals surface area contributed by atoms with Crippen LogP contribution < -0.4 is 10.6 Å². The fourth-order valence-corrected chi connectivity index (χ4v) is 2.30. The normalized spacial score (nSPS) is 11.8. The molecule has 2 aromatic rings. The van der Waals surface area contributed by atoms with Gasteiger partial charge in [0.2, 0.25) is 0 Å². The highest BCUT2D eigenvalue weighted by molar-refractivity contribution is 5.95. The zero-order valence-corrected chi connectivity index (χ0v) is 14.1. The number of carbonyl (C=O) groups excluding carboxylic acids is 1. The molecule has 0 spiro atoms. The summed E-state index contributed by atoms with van der Waals surface area (Å²) >= 11 is 0. The zero-order valence-electron chi connectivity index (χ0n) is 14.1. The standard InChI is InChI=1S/C16H21N5O4/c1-12(11-20-8-3-6-18-20)19-16(22)13-4-5-14(17-7-9-25-2)15(10-13)21(23)24/h3-6,8,10,12,17H,7,9,11H2,1-2H3,(H,19,22). The maximum atomic E-state index is 12.3. The van der Waals surface area contributed by atoms with Gasteiger partial charge in [-0.1, -0.05) is 0 Å². The van der Waals surface area contributed by atoms with Crippen molar-refractivity contribution in [1.29, 1.82) is 0 Å². The van der Waals surface area contributed by atoms with Crippen LogP contribution in [0.1, 0.15) is 17.3 Å². The lowest BCUT2D eigenvalue weighted by atomic mass is 10.1. The number of benzene rings is 1. The van der Waals surface area contributed by atoms with Crippen LogP contribution in [0.2, 0.25) is 0 Å². The highest BCUT2D eigenvalue weighted by Gasteiger charge is 2.18. The van der Waals surface area contributed by atoms with Crippen molar-refractivity contribution in [2.45, 2.75) is 19.5 Å². The molecule has 0 aliphatic rings. The van der Waals surface area contributed by atoms with E-state index in [0.717, 1.165) is 0 Å².